The lowest BCUT2D eigenvalue weighted by molar-refractivity contribution is 0.00559. The van der Waals surface area contributed by atoms with Gasteiger partial charge in [0.15, 0.2) is 0 Å². The minimum atomic E-state index is -1.04. The number of likely N-dealkylation sites (tertiary alicyclic amines) is 2. The third kappa shape index (κ3) is 9.85. The molecule has 0 aromatic heterocycles. The van der Waals surface area contributed by atoms with Gasteiger partial charge in [0, 0.05) is 24.9 Å². The zero-order valence-electron chi connectivity index (χ0n) is 20.4. The van der Waals surface area contributed by atoms with Crippen molar-refractivity contribution in [3.63, 3.8) is 0 Å². The fraction of sp³-hybridized carbons (Fsp3) is 0.909. The van der Waals surface area contributed by atoms with Crippen LogP contribution in [0.3, 0.4) is 0 Å². The maximum Gasteiger partial charge on any atom is 0.410 e. The Bertz CT molecular complexity index is 558. The molecule has 2 rings (SSSR count). The van der Waals surface area contributed by atoms with E-state index >= 15 is 0 Å². The van der Waals surface area contributed by atoms with Crippen LogP contribution in [-0.2, 0) is 9.47 Å². The van der Waals surface area contributed by atoms with Crippen molar-refractivity contribution in [1.29, 1.82) is 0 Å². The second-order valence-corrected chi connectivity index (χ2v) is 10.5. The topological polar surface area (TPSA) is 111 Å². The van der Waals surface area contributed by atoms with Crippen molar-refractivity contribution in [1.82, 2.24) is 9.80 Å². The first-order valence-corrected chi connectivity index (χ1v) is 11.3. The average Bonchev–Trinajstić information content (AvgIpc) is 2.65. The first-order chi connectivity index (χ1) is 14.7. The van der Waals surface area contributed by atoms with Gasteiger partial charge in [-0.1, -0.05) is 0 Å². The summed E-state index contributed by atoms with van der Waals surface area (Å²) in [5.74, 6) is -0.252. The highest BCUT2D eigenvalue weighted by Gasteiger charge is 2.33. The van der Waals surface area contributed by atoms with E-state index in [1.54, 1.807) is 41.5 Å². The molecule has 4 N–H and O–H groups in total. The van der Waals surface area contributed by atoms with Gasteiger partial charge in [-0.25, -0.2) is 18.4 Å². The van der Waals surface area contributed by atoms with E-state index in [0.29, 0.717) is 39.0 Å². The molecule has 10 heteroatoms. The first kappa shape index (κ1) is 28.4. The van der Waals surface area contributed by atoms with Crippen LogP contribution in [0.2, 0.25) is 0 Å². The second-order valence-electron chi connectivity index (χ2n) is 10.5. The van der Waals surface area contributed by atoms with Gasteiger partial charge in [0.25, 0.3) is 0 Å². The lowest BCUT2D eigenvalue weighted by atomic mass is 9.95. The van der Waals surface area contributed by atoms with Crippen molar-refractivity contribution in [3.05, 3.63) is 0 Å². The number of ether oxygens (including phenoxy) is 2. The monoisotopic (exact) mass is 464 g/mol. The van der Waals surface area contributed by atoms with E-state index in [9.17, 15) is 18.4 Å². The SMILES string of the molecule is CC(C)(C)OC(=O)N1CC[C@@H](CN)[C@@H](F)C1.CC(C)(C)OC(=O)N1CC[C@H](CN)[C@H](F)C1. The molecule has 32 heavy (non-hydrogen) atoms. The molecule has 2 saturated heterocycles. The summed E-state index contributed by atoms with van der Waals surface area (Å²) in [6, 6.07) is 0. The molecule has 0 aromatic carbocycles. The number of alkyl halides is 2. The van der Waals surface area contributed by atoms with Crippen LogP contribution in [0.4, 0.5) is 18.4 Å². The number of hydrogen-bond donors (Lipinski definition) is 2. The Kier molecular flexibility index (Phi) is 10.6. The summed E-state index contributed by atoms with van der Waals surface area (Å²) in [5, 5.41) is 0. The summed E-state index contributed by atoms with van der Waals surface area (Å²) < 4.78 is 37.5. The Balaban J connectivity index is 0.000000320. The predicted octanol–water partition coefficient (Wildman–Crippen LogP) is 3.08. The molecule has 0 aliphatic carbocycles. The second kappa shape index (κ2) is 12.0. The molecule has 2 amide bonds. The maximum absolute atomic E-state index is 13.6. The summed E-state index contributed by atoms with van der Waals surface area (Å²) in [6.07, 6.45) is -1.73. The van der Waals surface area contributed by atoms with E-state index in [4.69, 9.17) is 20.9 Å². The van der Waals surface area contributed by atoms with Crippen molar-refractivity contribution in [2.45, 2.75) is 77.9 Å². The summed E-state index contributed by atoms with van der Waals surface area (Å²) in [5.41, 5.74) is 9.82. The number of hydrogen-bond acceptors (Lipinski definition) is 6. The first-order valence-electron chi connectivity index (χ1n) is 11.3. The molecule has 188 valence electrons. The van der Waals surface area contributed by atoms with Crippen molar-refractivity contribution >= 4 is 12.2 Å². The smallest absolute Gasteiger partial charge is 0.410 e. The summed E-state index contributed by atoms with van der Waals surface area (Å²) in [6.45, 7) is 12.7. The summed E-state index contributed by atoms with van der Waals surface area (Å²) in [7, 11) is 0. The van der Waals surface area contributed by atoms with Crippen LogP contribution >= 0.6 is 0 Å². The van der Waals surface area contributed by atoms with Crippen molar-refractivity contribution in [3.8, 4) is 0 Å². The van der Waals surface area contributed by atoms with Gasteiger partial charge in [0.05, 0.1) is 13.1 Å². The highest BCUT2D eigenvalue weighted by atomic mass is 19.1. The molecule has 0 radical (unpaired) electrons. The predicted molar refractivity (Wildman–Crippen MR) is 120 cm³/mol. The van der Waals surface area contributed by atoms with Crippen molar-refractivity contribution in [2.24, 2.45) is 23.3 Å². The fourth-order valence-electron chi connectivity index (χ4n) is 3.42. The van der Waals surface area contributed by atoms with Crippen LogP contribution in [0.1, 0.15) is 54.4 Å². The summed E-state index contributed by atoms with van der Waals surface area (Å²) in [4.78, 5) is 26.2. The highest BCUT2D eigenvalue weighted by Crippen LogP contribution is 2.22. The quantitative estimate of drug-likeness (QED) is 0.650. The molecular formula is C22H42F2N4O4. The molecule has 0 spiro atoms. The third-order valence-electron chi connectivity index (χ3n) is 5.26. The van der Waals surface area contributed by atoms with Gasteiger partial charge >= 0.3 is 12.2 Å². The van der Waals surface area contributed by atoms with Gasteiger partial charge in [-0.2, -0.15) is 0 Å². The number of nitrogens with two attached hydrogens (primary N) is 2. The van der Waals surface area contributed by atoms with E-state index in [1.807, 2.05) is 0 Å². The van der Waals surface area contributed by atoms with Gasteiger partial charge in [0.1, 0.15) is 23.5 Å². The van der Waals surface area contributed by atoms with Gasteiger partial charge in [-0.15, -0.1) is 0 Å². The third-order valence-corrected chi connectivity index (χ3v) is 5.26. The van der Waals surface area contributed by atoms with Crippen LogP contribution in [0.25, 0.3) is 0 Å². The van der Waals surface area contributed by atoms with E-state index < -0.39 is 35.7 Å². The minimum Gasteiger partial charge on any atom is -0.444 e. The van der Waals surface area contributed by atoms with Crippen molar-refractivity contribution < 1.29 is 27.8 Å². The number of amides is 2. The Morgan fingerprint density at radius 3 is 1.31 bits per heavy atom. The van der Waals surface area contributed by atoms with Crippen LogP contribution in [-0.4, -0.2) is 84.8 Å². The lowest BCUT2D eigenvalue weighted by Crippen LogP contribution is -2.48. The highest BCUT2D eigenvalue weighted by molar-refractivity contribution is 5.68. The number of rotatable bonds is 2. The van der Waals surface area contributed by atoms with E-state index in [0.717, 1.165) is 0 Å². The molecule has 4 atom stereocenters. The maximum atomic E-state index is 13.6. The van der Waals surface area contributed by atoms with E-state index in [1.165, 1.54) is 9.80 Å². The summed E-state index contributed by atoms with van der Waals surface area (Å²) >= 11 is 0. The number of carbonyl (C=O) groups is 2. The molecule has 0 saturated carbocycles. The molecule has 2 heterocycles. The van der Waals surface area contributed by atoms with E-state index in [2.05, 4.69) is 0 Å². The molecule has 8 nitrogen and oxygen atoms in total. The van der Waals surface area contributed by atoms with E-state index in [-0.39, 0.29) is 24.9 Å². The van der Waals surface area contributed by atoms with Gasteiger partial charge in [-0.05, 0) is 67.5 Å². The van der Waals surface area contributed by atoms with Crippen LogP contribution < -0.4 is 11.5 Å². The zero-order valence-corrected chi connectivity index (χ0v) is 20.4. The molecule has 2 aliphatic heterocycles. The fourth-order valence-corrected chi connectivity index (χ4v) is 3.42. The molecule has 2 fully saturated rings. The molecule has 2 aliphatic rings. The number of carbonyl (C=O) groups excluding carboxylic acids is 2. The Morgan fingerprint density at radius 2 is 1.09 bits per heavy atom. The van der Waals surface area contributed by atoms with Gasteiger partial charge in [-0.3, -0.25) is 0 Å². The van der Waals surface area contributed by atoms with Gasteiger partial charge in [0.2, 0.25) is 0 Å². The normalized spacial score (nSPS) is 26.7. The zero-order chi connectivity index (χ0) is 24.7. The Morgan fingerprint density at radius 1 is 0.781 bits per heavy atom. The van der Waals surface area contributed by atoms with Crippen LogP contribution in [0, 0.1) is 11.8 Å². The molecular weight excluding hydrogens is 422 g/mol. The Hall–Kier alpha value is -1.68. The number of piperidine rings is 2. The van der Waals surface area contributed by atoms with Crippen LogP contribution in [0.15, 0.2) is 0 Å². The number of nitrogens with zero attached hydrogens (tertiary/aromatic N) is 2. The minimum absolute atomic E-state index is 0.0940. The average molecular weight is 465 g/mol. The largest absolute Gasteiger partial charge is 0.444 e. The standard InChI is InChI=1S/2C11H21FN2O2/c2*1-11(2,3)16-10(15)14-5-4-8(6-13)9(12)7-14/h2*8-9H,4-7,13H2,1-3H3/t2*8-,9-/m10/s1. The van der Waals surface area contributed by atoms with Crippen molar-refractivity contribution in [2.75, 3.05) is 39.3 Å². The van der Waals surface area contributed by atoms with Gasteiger partial charge < -0.3 is 30.7 Å². The van der Waals surface area contributed by atoms with Crippen LogP contribution in [0.5, 0.6) is 0 Å². The molecule has 0 unspecified atom stereocenters. The molecule has 0 aromatic rings. The Labute approximate surface area is 190 Å². The number of halogens is 2. The lowest BCUT2D eigenvalue weighted by Gasteiger charge is -2.35. The molecule has 0 bridgehead atoms.